The number of aryl methyl sites for hydroxylation is 4. The predicted octanol–water partition coefficient (Wildman–Crippen LogP) is 11.4. The summed E-state index contributed by atoms with van der Waals surface area (Å²) in [6.07, 6.45) is 1.75. The third-order valence-corrected chi connectivity index (χ3v) is 10.9. The molecule has 0 saturated carbocycles. The summed E-state index contributed by atoms with van der Waals surface area (Å²) >= 11 is 0. The van der Waals surface area contributed by atoms with Gasteiger partial charge < -0.3 is 18.7 Å². The molecule has 244 valence electrons. The van der Waals surface area contributed by atoms with Gasteiger partial charge in [0.15, 0.2) is 0 Å². The Bertz CT molecular complexity index is 1730. The molecular formula is C41H51O4P. The highest BCUT2D eigenvalue weighted by Crippen LogP contribution is 2.57. The Labute approximate surface area is 278 Å². The Kier molecular flexibility index (Phi) is 9.28. The van der Waals surface area contributed by atoms with Crippen LogP contribution in [-0.2, 0) is 23.2 Å². The zero-order chi connectivity index (χ0) is 33.7. The first-order valence-corrected chi connectivity index (χ1v) is 17.8. The van der Waals surface area contributed by atoms with E-state index in [1.165, 1.54) is 44.5 Å². The maximum Gasteiger partial charge on any atom is 0.135 e. The van der Waals surface area contributed by atoms with Crippen LogP contribution in [0.2, 0.25) is 0 Å². The minimum atomic E-state index is -0.952. The maximum absolute atomic E-state index is 7.47. The summed E-state index contributed by atoms with van der Waals surface area (Å²) in [6.45, 7) is 22.2. The third-order valence-electron chi connectivity index (χ3n) is 9.12. The normalized spacial score (nSPS) is 13.5. The highest BCUT2D eigenvalue weighted by molar-refractivity contribution is 7.51. The lowest BCUT2D eigenvalue weighted by Crippen LogP contribution is -2.15. The number of methoxy groups -OCH3 is 3. The molecule has 0 spiro atoms. The molecule has 4 aromatic carbocycles. The molecule has 1 heterocycles. The van der Waals surface area contributed by atoms with Gasteiger partial charge in [0.2, 0.25) is 0 Å². The first kappa shape index (κ1) is 33.9. The van der Waals surface area contributed by atoms with Gasteiger partial charge in [0.25, 0.3) is 0 Å². The number of ether oxygens (including phenoxy) is 3. The minimum Gasteiger partial charge on any atom is -0.497 e. The molecule has 0 aliphatic carbocycles. The van der Waals surface area contributed by atoms with E-state index >= 15 is 0 Å². The highest BCUT2D eigenvalue weighted by atomic mass is 31.1. The second kappa shape index (κ2) is 12.6. The second-order valence-corrected chi connectivity index (χ2v) is 16.7. The Morgan fingerprint density at radius 3 is 1.30 bits per heavy atom. The Morgan fingerprint density at radius 2 is 0.913 bits per heavy atom. The molecule has 4 nitrogen and oxygen atoms in total. The van der Waals surface area contributed by atoms with Crippen molar-refractivity contribution in [2.45, 2.75) is 92.4 Å². The van der Waals surface area contributed by atoms with Crippen LogP contribution in [0.4, 0.5) is 0 Å². The Hall–Kier alpha value is -3.49. The lowest BCUT2D eigenvalue weighted by Gasteiger charge is -2.30. The zero-order valence-corrected chi connectivity index (χ0v) is 31.0. The summed E-state index contributed by atoms with van der Waals surface area (Å²) in [5.41, 5.74) is 14.4. The molecule has 4 aromatic rings. The van der Waals surface area contributed by atoms with E-state index in [-0.39, 0.29) is 10.8 Å². The summed E-state index contributed by atoms with van der Waals surface area (Å²) in [4.78, 5) is 0. The molecule has 0 amide bonds. The van der Waals surface area contributed by atoms with E-state index in [0.29, 0.717) is 0 Å². The molecule has 0 atom stereocenters. The molecule has 1 aliphatic heterocycles. The van der Waals surface area contributed by atoms with Gasteiger partial charge >= 0.3 is 0 Å². The van der Waals surface area contributed by atoms with Crippen LogP contribution in [0.25, 0.3) is 22.3 Å². The van der Waals surface area contributed by atoms with Crippen LogP contribution in [0, 0.1) is 27.7 Å². The largest absolute Gasteiger partial charge is 0.497 e. The monoisotopic (exact) mass is 638 g/mol. The number of hydrogen-bond acceptors (Lipinski definition) is 4. The molecule has 0 unspecified atom stereocenters. The SMILES string of the molecule is COc1cc(-c2cc(OC)cc(C(C)(C)C)c2OP2Cc3c(C)cc(C)cc3-c3cc(C)cc(C)c3C2)c(OC)c(C(C)(C)C)c1. The van der Waals surface area contributed by atoms with E-state index in [4.69, 9.17) is 18.7 Å². The lowest BCUT2D eigenvalue weighted by molar-refractivity contribution is 0.389. The van der Waals surface area contributed by atoms with Gasteiger partial charge in [0.1, 0.15) is 23.0 Å². The average molecular weight is 639 g/mol. The molecule has 0 N–H and O–H groups in total. The number of rotatable bonds is 6. The van der Waals surface area contributed by atoms with Crippen molar-refractivity contribution >= 4 is 8.15 Å². The smallest absolute Gasteiger partial charge is 0.135 e. The summed E-state index contributed by atoms with van der Waals surface area (Å²) < 4.78 is 25.5. The summed E-state index contributed by atoms with van der Waals surface area (Å²) in [5, 5.41) is 0. The Balaban J connectivity index is 1.80. The standard InChI is InChI=1S/C41H51O4P/c1-24-14-26(3)34-22-46(23-35-27(4)15-25(2)17-31(35)30(34)16-24)45-39-33(19-29(43-12)21-37(39)41(8,9)10)32-18-28(42-11)20-36(38(32)44-13)40(5,6)7/h14-21H,22-23H2,1-13H3. The third kappa shape index (κ3) is 6.52. The molecule has 0 bridgehead atoms. The minimum absolute atomic E-state index is 0.175. The van der Waals surface area contributed by atoms with Gasteiger partial charge in [-0.1, -0.05) is 76.9 Å². The van der Waals surface area contributed by atoms with Crippen molar-refractivity contribution in [1.29, 1.82) is 0 Å². The van der Waals surface area contributed by atoms with Crippen molar-refractivity contribution in [1.82, 2.24) is 0 Å². The van der Waals surface area contributed by atoms with Crippen molar-refractivity contribution < 1.29 is 18.7 Å². The first-order valence-electron chi connectivity index (χ1n) is 16.2. The first-order chi connectivity index (χ1) is 21.5. The van der Waals surface area contributed by atoms with Crippen LogP contribution in [0.1, 0.15) is 86.1 Å². The van der Waals surface area contributed by atoms with E-state index in [0.717, 1.165) is 57.6 Å². The van der Waals surface area contributed by atoms with Crippen LogP contribution in [0.15, 0.2) is 48.5 Å². The lowest BCUT2D eigenvalue weighted by atomic mass is 9.81. The van der Waals surface area contributed by atoms with Gasteiger partial charge in [-0.15, -0.1) is 0 Å². The fourth-order valence-corrected chi connectivity index (χ4v) is 9.01. The number of benzene rings is 4. The van der Waals surface area contributed by atoms with Crippen LogP contribution >= 0.6 is 8.15 Å². The van der Waals surface area contributed by atoms with Crippen LogP contribution in [0.5, 0.6) is 23.0 Å². The van der Waals surface area contributed by atoms with Crippen molar-refractivity contribution in [3.8, 4) is 45.3 Å². The second-order valence-electron chi connectivity index (χ2n) is 14.9. The van der Waals surface area contributed by atoms with E-state index in [1.54, 1.807) is 21.3 Å². The fourth-order valence-electron chi connectivity index (χ4n) is 6.77. The average Bonchev–Trinajstić information content (AvgIpc) is 3.12. The summed E-state index contributed by atoms with van der Waals surface area (Å²) in [7, 11) is 4.25. The van der Waals surface area contributed by atoms with Crippen molar-refractivity contribution in [3.05, 3.63) is 93.0 Å². The molecule has 5 rings (SSSR count). The van der Waals surface area contributed by atoms with Gasteiger partial charge in [-0.2, -0.15) is 0 Å². The van der Waals surface area contributed by atoms with Crippen LogP contribution in [-0.4, -0.2) is 21.3 Å². The van der Waals surface area contributed by atoms with Crippen molar-refractivity contribution in [3.63, 3.8) is 0 Å². The number of fused-ring (bicyclic) bond motifs is 3. The van der Waals surface area contributed by atoms with Gasteiger partial charge in [-0.05, 0) is 96.2 Å². The van der Waals surface area contributed by atoms with Gasteiger partial charge in [0.05, 0.1) is 29.5 Å². The molecule has 46 heavy (non-hydrogen) atoms. The molecule has 0 aromatic heterocycles. The van der Waals surface area contributed by atoms with Crippen LogP contribution < -0.4 is 18.7 Å². The van der Waals surface area contributed by atoms with Crippen molar-refractivity contribution in [2.75, 3.05) is 21.3 Å². The molecule has 0 fully saturated rings. The molecule has 1 aliphatic rings. The molecule has 5 heteroatoms. The van der Waals surface area contributed by atoms with E-state index < -0.39 is 8.15 Å². The highest BCUT2D eigenvalue weighted by Gasteiger charge is 2.32. The van der Waals surface area contributed by atoms with Gasteiger partial charge in [0, 0.05) is 34.6 Å². The van der Waals surface area contributed by atoms with Gasteiger partial charge in [-0.25, -0.2) is 0 Å². The molecule has 0 radical (unpaired) electrons. The van der Waals surface area contributed by atoms with E-state index in [1.807, 2.05) is 0 Å². The number of hydrogen-bond donors (Lipinski definition) is 0. The van der Waals surface area contributed by atoms with Gasteiger partial charge in [-0.3, -0.25) is 0 Å². The topological polar surface area (TPSA) is 36.9 Å². The summed E-state index contributed by atoms with van der Waals surface area (Å²) in [6, 6.07) is 17.8. The quantitative estimate of drug-likeness (QED) is 0.197. The summed E-state index contributed by atoms with van der Waals surface area (Å²) in [5.74, 6) is 3.29. The van der Waals surface area contributed by atoms with Crippen molar-refractivity contribution in [2.24, 2.45) is 0 Å². The molecule has 0 saturated heterocycles. The predicted molar refractivity (Wildman–Crippen MR) is 195 cm³/mol. The van der Waals surface area contributed by atoms with E-state index in [9.17, 15) is 0 Å². The van der Waals surface area contributed by atoms with E-state index in [2.05, 4.69) is 118 Å². The zero-order valence-electron chi connectivity index (χ0n) is 30.1. The maximum atomic E-state index is 7.47. The molecular weight excluding hydrogens is 587 g/mol. The fraction of sp³-hybridized carbons (Fsp3) is 0.415. The van der Waals surface area contributed by atoms with Crippen LogP contribution in [0.3, 0.4) is 0 Å². The Morgan fingerprint density at radius 1 is 0.500 bits per heavy atom.